The molecule has 2 aromatic heterocycles. The Bertz CT molecular complexity index is 606. The fourth-order valence-electron chi connectivity index (χ4n) is 1.33. The van der Waals surface area contributed by atoms with Crippen molar-refractivity contribution in [3.8, 4) is 0 Å². The first kappa shape index (κ1) is 11.8. The Hall–Kier alpha value is -2.70. The number of aromatic carboxylic acids is 1. The number of pyridine rings is 1. The van der Waals surface area contributed by atoms with E-state index in [4.69, 9.17) is 9.63 Å². The first-order chi connectivity index (χ1) is 8.58. The number of carbonyl (C=O) groups excluding carboxylic acids is 1. The zero-order chi connectivity index (χ0) is 13.1. The van der Waals surface area contributed by atoms with Crippen molar-refractivity contribution in [2.45, 2.75) is 6.92 Å². The molecule has 92 valence electrons. The van der Waals surface area contributed by atoms with Crippen molar-refractivity contribution < 1.29 is 19.2 Å². The smallest absolute Gasteiger partial charge is 0.335 e. The fraction of sp³-hybridized carbons (Fsp3) is 0.0909. The number of nitrogens with one attached hydrogen (secondary N) is 1. The molecule has 2 heterocycles. The molecule has 0 aliphatic rings. The lowest BCUT2D eigenvalue weighted by molar-refractivity contribution is 0.0696. The highest BCUT2D eigenvalue weighted by atomic mass is 16.5. The molecule has 0 spiro atoms. The second-order valence-electron chi connectivity index (χ2n) is 3.48. The number of carboxylic acids is 1. The molecule has 2 aromatic rings. The number of hydrogen-bond donors (Lipinski definition) is 2. The highest BCUT2D eigenvalue weighted by molar-refractivity contribution is 6.04. The summed E-state index contributed by atoms with van der Waals surface area (Å²) in [6.07, 6.45) is 2.59. The standard InChI is InChI=1S/C11H9N3O4/c1-6-8(5-13-18-6)10(15)14-9-4-7(11(16)17)2-3-12-9/h2-5H,1H3,(H,16,17)(H,12,14,15). The highest BCUT2D eigenvalue weighted by Gasteiger charge is 2.14. The number of carbonyl (C=O) groups is 2. The Morgan fingerprint density at radius 1 is 1.44 bits per heavy atom. The number of anilines is 1. The largest absolute Gasteiger partial charge is 0.478 e. The molecule has 0 bridgehead atoms. The van der Waals surface area contributed by atoms with E-state index in [2.05, 4.69) is 15.5 Å². The number of hydrogen-bond acceptors (Lipinski definition) is 5. The van der Waals surface area contributed by atoms with E-state index in [1.165, 1.54) is 24.5 Å². The molecule has 0 unspecified atom stereocenters. The summed E-state index contributed by atoms with van der Waals surface area (Å²) in [5.74, 6) is -1.01. The predicted molar refractivity (Wildman–Crippen MR) is 60.4 cm³/mol. The second-order valence-corrected chi connectivity index (χ2v) is 3.48. The van der Waals surface area contributed by atoms with Gasteiger partial charge in [-0.1, -0.05) is 5.16 Å². The maximum Gasteiger partial charge on any atom is 0.335 e. The molecule has 0 fully saturated rings. The van der Waals surface area contributed by atoms with Crippen molar-refractivity contribution in [3.05, 3.63) is 41.4 Å². The van der Waals surface area contributed by atoms with Crippen LogP contribution in [0.5, 0.6) is 0 Å². The molecule has 0 aliphatic heterocycles. The van der Waals surface area contributed by atoms with E-state index in [9.17, 15) is 9.59 Å². The van der Waals surface area contributed by atoms with Crippen LogP contribution in [0.1, 0.15) is 26.5 Å². The average Bonchev–Trinajstić information content (AvgIpc) is 2.76. The monoisotopic (exact) mass is 247 g/mol. The Balaban J connectivity index is 2.20. The Labute approximate surface area is 101 Å². The van der Waals surface area contributed by atoms with Gasteiger partial charge in [0.05, 0.1) is 11.8 Å². The number of rotatable bonds is 3. The molecule has 0 atom stereocenters. The summed E-state index contributed by atoms with van der Waals surface area (Å²) in [7, 11) is 0. The predicted octanol–water partition coefficient (Wildman–Crippen LogP) is 1.33. The number of aromatic nitrogens is 2. The van der Waals surface area contributed by atoms with Gasteiger partial charge < -0.3 is 14.9 Å². The van der Waals surface area contributed by atoms with Crippen LogP contribution in [0, 0.1) is 6.92 Å². The molecular weight excluding hydrogens is 238 g/mol. The van der Waals surface area contributed by atoms with E-state index in [0.717, 1.165) is 0 Å². The SMILES string of the molecule is Cc1oncc1C(=O)Nc1cc(C(=O)O)ccn1. The van der Waals surface area contributed by atoms with Gasteiger partial charge in [0.2, 0.25) is 0 Å². The fourth-order valence-corrected chi connectivity index (χ4v) is 1.33. The first-order valence-electron chi connectivity index (χ1n) is 5.00. The van der Waals surface area contributed by atoms with Crippen LogP contribution in [0.2, 0.25) is 0 Å². The van der Waals surface area contributed by atoms with E-state index in [1.807, 2.05) is 0 Å². The van der Waals surface area contributed by atoms with Gasteiger partial charge in [0.25, 0.3) is 5.91 Å². The van der Waals surface area contributed by atoms with Crippen molar-refractivity contribution in [1.29, 1.82) is 0 Å². The zero-order valence-corrected chi connectivity index (χ0v) is 9.38. The van der Waals surface area contributed by atoms with Gasteiger partial charge in [-0.15, -0.1) is 0 Å². The molecule has 7 heteroatoms. The average molecular weight is 247 g/mol. The van der Waals surface area contributed by atoms with Crippen LogP contribution in [-0.4, -0.2) is 27.1 Å². The van der Waals surface area contributed by atoms with Crippen LogP contribution in [0.25, 0.3) is 0 Å². The molecule has 18 heavy (non-hydrogen) atoms. The van der Waals surface area contributed by atoms with Crippen molar-refractivity contribution in [1.82, 2.24) is 10.1 Å². The summed E-state index contributed by atoms with van der Waals surface area (Å²) in [4.78, 5) is 26.4. The van der Waals surface area contributed by atoms with Gasteiger partial charge in [0.15, 0.2) is 0 Å². The van der Waals surface area contributed by atoms with Gasteiger partial charge in [-0.2, -0.15) is 0 Å². The van der Waals surface area contributed by atoms with Crippen LogP contribution < -0.4 is 5.32 Å². The third-order valence-corrected chi connectivity index (χ3v) is 2.24. The summed E-state index contributed by atoms with van der Waals surface area (Å²) in [5, 5.41) is 14.8. The summed E-state index contributed by atoms with van der Waals surface area (Å²) in [6, 6.07) is 2.60. The molecule has 2 N–H and O–H groups in total. The van der Waals surface area contributed by atoms with E-state index in [0.29, 0.717) is 5.76 Å². The molecule has 0 aromatic carbocycles. The summed E-state index contributed by atoms with van der Waals surface area (Å²) >= 11 is 0. The maximum absolute atomic E-state index is 11.8. The van der Waals surface area contributed by atoms with Crippen molar-refractivity contribution in [2.24, 2.45) is 0 Å². The van der Waals surface area contributed by atoms with Crippen LogP contribution in [0.4, 0.5) is 5.82 Å². The number of aryl methyl sites for hydroxylation is 1. The van der Waals surface area contributed by atoms with Crippen molar-refractivity contribution in [3.63, 3.8) is 0 Å². The first-order valence-corrected chi connectivity index (χ1v) is 5.00. The minimum Gasteiger partial charge on any atom is -0.478 e. The van der Waals surface area contributed by atoms with Gasteiger partial charge >= 0.3 is 5.97 Å². The maximum atomic E-state index is 11.8. The lowest BCUT2D eigenvalue weighted by Gasteiger charge is -2.03. The topological polar surface area (TPSA) is 105 Å². The summed E-state index contributed by atoms with van der Waals surface area (Å²) in [6.45, 7) is 1.60. The lowest BCUT2D eigenvalue weighted by atomic mass is 10.2. The summed E-state index contributed by atoms with van der Waals surface area (Å²) in [5.41, 5.74) is 0.319. The molecular formula is C11H9N3O4. The molecule has 0 saturated carbocycles. The van der Waals surface area contributed by atoms with Gasteiger partial charge in [-0.3, -0.25) is 4.79 Å². The minimum atomic E-state index is -1.09. The van der Waals surface area contributed by atoms with E-state index >= 15 is 0 Å². The summed E-state index contributed by atoms with van der Waals surface area (Å²) < 4.78 is 4.76. The quantitative estimate of drug-likeness (QED) is 0.847. The molecule has 0 radical (unpaired) electrons. The molecule has 2 rings (SSSR count). The van der Waals surface area contributed by atoms with Crippen molar-refractivity contribution in [2.75, 3.05) is 5.32 Å². The molecule has 7 nitrogen and oxygen atoms in total. The third kappa shape index (κ3) is 2.34. The molecule has 1 amide bonds. The minimum absolute atomic E-state index is 0.0438. The third-order valence-electron chi connectivity index (χ3n) is 2.24. The van der Waals surface area contributed by atoms with Crippen molar-refractivity contribution >= 4 is 17.7 Å². The zero-order valence-electron chi connectivity index (χ0n) is 9.38. The van der Waals surface area contributed by atoms with Crippen LogP contribution >= 0.6 is 0 Å². The van der Waals surface area contributed by atoms with Gasteiger partial charge in [0, 0.05) is 6.20 Å². The Morgan fingerprint density at radius 2 is 2.22 bits per heavy atom. The molecule has 0 saturated heterocycles. The van der Waals surface area contributed by atoms with E-state index < -0.39 is 11.9 Å². The van der Waals surface area contributed by atoms with Crippen LogP contribution in [0.15, 0.2) is 29.0 Å². The normalized spacial score (nSPS) is 10.1. The second kappa shape index (κ2) is 4.66. The highest BCUT2D eigenvalue weighted by Crippen LogP contribution is 2.11. The van der Waals surface area contributed by atoms with Crippen LogP contribution in [-0.2, 0) is 0 Å². The Kier molecular flexibility index (Phi) is 3.05. The Morgan fingerprint density at radius 3 is 2.83 bits per heavy atom. The van der Waals surface area contributed by atoms with Gasteiger partial charge in [0.1, 0.15) is 17.1 Å². The van der Waals surface area contributed by atoms with E-state index in [-0.39, 0.29) is 16.9 Å². The lowest BCUT2D eigenvalue weighted by Crippen LogP contribution is -2.13. The van der Waals surface area contributed by atoms with Gasteiger partial charge in [-0.25, -0.2) is 9.78 Å². The van der Waals surface area contributed by atoms with E-state index in [1.54, 1.807) is 6.92 Å². The number of amides is 1. The van der Waals surface area contributed by atoms with Crippen LogP contribution in [0.3, 0.4) is 0 Å². The van der Waals surface area contributed by atoms with Gasteiger partial charge in [-0.05, 0) is 19.1 Å². The number of carboxylic acid groups (broad SMARTS) is 1. The molecule has 0 aliphatic carbocycles. The number of nitrogens with zero attached hydrogens (tertiary/aromatic N) is 2.